The number of hydrogen-bond donors (Lipinski definition) is 1. The molecule has 5 atom stereocenters. The molecule has 21 heavy (non-hydrogen) atoms. The Labute approximate surface area is 136 Å². The van der Waals surface area contributed by atoms with Crippen LogP contribution in [0.2, 0.25) is 0 Å². The zero-order valence-electron chi connectivity index (χ0n) is 11.3. The fourth-order valence-corrected chi connectivity index (χ4v) is 3.42. The second kappa shape index (κ2) is 4.86. The van der Waals surface area contributed by atoms with Gasteiger partial charge in [0.2, 0.25) is 0 Å². The first-order chi connectivity index (χ1) is 9.58. The summed E-state index contributed by atoms with van der Waals surface area (Å²) in [6.45, 7) is 3.51. The molecule has 2 heterocycles. The highest BCUT2D eigenvalue weighted by Crippen LogP contribution is 2.47. The molecule has 2 aliphatic heterocycles. The third-order valence-electron chi connectivity index (χ3n) is 3.95. The van der Waals surface area contributed by atoms with Gasteiger partial charge in [-0.2, -0.15) is 0 Å². The maximum Gasteiger partial charge on any atom is 0.306 e. The molecule has 118 valence electrons. The van der Waals surface area contributed by atoms with E-state index in [0.717, 1.165) is 0 Å². The Kier molecular flexibility index (Phi) is 3.62. The van der Waals surface area contributed by atoms with Gasteiger partial charge in [-0.25, -0.2) is 0 Å². The van der Waals surface area contributed by atoms with E-state index in [1.165, 1.54) is 0 Å². The van der Waals surface area contributed by atoms with Crippen molar-refractivity contribution in [2.45, 2.75) is 54.2 Å². The van der Waals surface area contributed by atoms with Crippen LogP contribution in [0.15, 0.2) is 0 Å². The summed E-state index contributed by atoms with van der Waals surface area (Å²) in [6.07, 6.45) is -1.16. The van der Waals surface area contributed by atoms with E-state index in [4.69, 9.17) is 49.0 Å². The molecule has 0 unspecified atom stereocenters. The first-order valence-electron chi connectivity index (χ1n) is 6.51. The topological polar surface area (TPSA) is 73.9 Å². The first-order valence-corrected chi connectivity index (χ1v) is 7.65. The minimum absolute atomic E-state index is 0.176. The number of halogens is 3. The summed E-state index contributed by atoms with van der Waals surface area (Å²) >= 11 is 16.7. The van der Waals surface area contributed by atoms with Crippen molar-refractivity contribution in [2.75, 3.05) is 0 Å². The summed E-state index contributed by atoms with van der Waals surface area (Å²) in [4.78, 5) is 23.4. The third-order valence-corrected chi connectivity index (χ3v) is 4.46. The van der Waals surface area contributed by atoms with Gasteiger partial charge < -0.3 is 19.5 Å². The Morgan fingerprint density at radius 1 is 1.24 bits per heavy atom. The van der Waals surface area contributed by atoms with E-state index < -0.39 is 39.8 Å². The molecule has 0 radical (unpaired) electrons. The van der Waals surface area contributed by atoms with Crippen molar-refractivity contribution in [1.82, 2.24) is 5.32 Å². The van der Waals surface area contributed by atoms with Crippen LogP contribution in [0.3, 0.4) is 0 Å². The Balaban J connectivity index is 1.84. The van der Waals surface area contributed by atoms with Gasteiger partial charge in [0.05, 0.1) is 12.5 Å². The molecule has 0 bridgehead atoms. The van der Waals surface area contributed by atoms with Gasteiger partial charge in [-0.15, -0.1) is 0 Å². The van der Waals surface area contributed by atoms with Crippen LogP contribution < -0.4 is 5.32 Å². The van der Waals surface area contributed by atoms with Crippen molar-refractivity contribution in [3.8, 4) is 0 Å². The maximum absolute atomic E-state index is 11.9. The van der Waals surface area contributed by atoms with E-state index in [-0.39, 0.29) is 18.3 Å². The predicted molar refractivity (Wildman–Crippen MR) is 74.0 cm³/mol. The normalized spacial score (nSPS) is 40.6. The van der Waals surface area contributed by atoms with E-state index in [9.17, 15) is 9.59 Å². The van der Waals surface area contributed by atoms with E-state index in [1.54, 1.807) is 13.8 Å². The number of nitrogens with one attached hydrogen (secondary N) is 1. The van der Waals surface area contributed by atoms with Gasteiger partial charge >= 0.3 is 5.97 Å². The van der Waals surface area contributed by atoms with E-state index >= 15 is 0 Å². The quantitative estimate of drug-likeness (QED) is 0.565. The Bertz CT molecular complexity index is 492. The van der Waals surface area contributed by atoms with E-state index in [1.807, 2.05) is 0 Å². The fourth-order valence-electron chi connectivity index (χ4n) is 3.25. The largest absolute Gasteiger partial charge is 0.459 e. The molecule has 0 spiro atoms. The molecule has 1 aliphatic carbocycles. The Morgan fingerprint density at radius 2 is 1.86 bits per heavy atom. The highest BCUT2D eigenvalue weighted by Gasteiger charge is 2.63. The molecule has 9 heteroatoms. The van der Waals surface area contributed by atoms with Crippen LogP contribution in [0.4, 0.5) is 0 Å². The van der Waals surface area contributed by atoms with Crippen molar-refractivity contribution in [2.24, 2.45) is 5.92 Å². The monoisotopic (exact) mass is 357 g/mol. The average molecular weight is 359 g/mol. The molecule has 3 rings (SSSR count). The molecule has 0 aromatic carbocycles. The molecular weight excluding hydrogens is 344 g/mol. The van der Waals surface area contributed by atoms with Gasteiger partial charge in [-0.1, -0.05) is 34.8 Å². The molecule has 0 aromatic heterocycles. The van der Waals surface area contributed by atoms with Crippen molar-refractivity contribution in [3.05, 3.63) is 0 Å². The van der Waals surface area contributed by atoms with Gasteiger partial charge in [-0.3, -0.25) is 9.59 Å². The molecule has 1 amide bonds. The van der Waals surface area contributed by atoms with Crippen LogP contribution in [-0.2, 0) is 23.8 Å². The number of carbonyl (C=O) groups excluding carboxylic acids is 2. The number of fused-ring (bicyclic) bond motifs is 3. The zero-order chi connectivity index (χ0) is 15.6. The lowest BCUT2D eigenvalue weighted by Gasteiger charge is -2.27. The molecule has 0 aromatic rings. The van der Waals surface area contributed by atoms with E-state index in [0.29, 0.717) is 0 Å². The summed E-state index contributed by atoms with van der Waals surface area (Å²) in [6, 6.07) is -0.503. The van der Waals surface area contributed by atoms with E-state index in [2.05, 4.69) is 5.32 Å². The van der Waals surface area contributed by atoms with Crippen molar-refractivity contribution in [1.29, 1.82) is 0 Å². The number of esters is 1. The minimum Gasteiger partial charge on any atom is -0.459 e. The second-order valence-electron chi connectivity index (χ2n) is 5.88. The van der Waals surface area contributed by atoms with Crippen LogP contribution in [0.5, 0.6) is 0 Å². The maximum atomic E-state index is 11.9. The van der Waals surface area contributed by atoms with Crippen molar-refractivity contribution < 1.29 is 23.8 Å². The predicted octanol–water partition coefficient (Wildman–Crippen LogP) is 1.31. The summed E-state index contributed by atoms with van der Waals surface area (Å²) in [5.41, 5.74) is 0. The zero-order valence-corrected chi connectivity index (χ0v) is 13.5. The number of rotatable bonds is 1. The smallest absolute Gasteiger partial charge is 0.306 e. The van der Waals surface area contributed by atoms with Gasteiger partial charge in [0.25, 0.3) is 9.70 Å². The second-order valence-corrected chi connectivity index (χ2v) is 8.17. The number of amides is 1. The van der Waals surface area contributed by atoms with Gasteiger partial charge in [0.1, 0.15) is 18.3 Å². The Hall–Kier alpha value is -0.270. The molecule has 2 saturated heterocycles. The highest BCUT2D eigenvalue weighted by molar-refractivity contribution is 6.76. The van der Waals surface area contributed by atoms with Crippen LogP contribution >= 0.6 is 34.8 Å². The van der Waals surface area contributed by atoms with Gasteiger partial charge in [-0.05, 0) is 13.8 Å². The lowest BCUT2D eigenvalue weighted by atomic mass is 9.99. The van der Waals surface area contributed by atoms with Crippen molar-refractivity contribution in [3.63, 3.8) is 0 Å². The molecule has 6 nitrogen and oxygen atoms in total. The summed E-state index contributed by atoms with van der Waals surface area (Å²) in [5.74, 6) is -2.16. The molecule has 1 saturated carbocycles. The number of ether oxygens (including phenoxy) is 3. The van der Waals surface area contributed by atoms with Gasteiger partial charge in [0.15, 0.2) is 5.79 Å². The van der Waals surface area contributed by atoms with Crippen LogP contribution in [0, 0.1) is 5.92 Å². The highest BCUT2D eigenvalue weighted by atomic mass is 35.6. The standard InChI is InChI=1S/C12H14Cl3NO5/c1-11(2)20-8-6(16-10(18)12(13,14)15)4-3-5(17)19-7(4)9(8)21-11/h4,6-9H,3H2,1-2H3,(H,16,18)/t4-,6-,7-,8-,9+/m0/s1. The molecule has 1 N–H and O–H groups in total. The molecule has 3 fully saturated rings. The number of hydrogen-bond acceptors (Lipinski definition) is 5. The summed E-state index contributed by atoms with van der Waals surface area (Å²) in [7, 11) is 0. The molecular formula is C12H14Cl3NO5. The van der Waals surface area contributed by atoms with Crippen LogP contribution in [0.25, 0.3) is 0 Å². The van der Waals surface area contributed by atoms with Crippen molar-refractivity contribution >= 4 is 46.7 Å². The SMILES string of the molecule is CC1(C)O[C@@H]2[C@H]3OC(=O)C[C@H]3[C@H](NC(=O)C(Cl)(Cl)Cl)[C@@H]2O1. The fraction of sp³-hybridized carbons (Fsp3) is 0.833. The lowest BCUT2D eigenvalue weighted by molar-refractivity contribution is -0.172. The third kappa shape index (κ3) is 2.72. The minimum atomic E-state index is -2.08. The van der Waals surface area contributed by atoms with Gasteiger partial charge in [0, 0.05) is 5.92 Å². The first kappa shape index (κ1) is 15.6. The number of alkyl halides is 3. The van der Waals surface area contributed by atoms with Crippen LogP contribution in [0.1, 0.15) is 20.3 Å². The lowest BCUT2D eigenvalue weighted by Crippen LogP contribution is -2.50. The number of carbonyl (C=O) groups is 2. The summed E-state index contributed by atoms with van der Waals surface area (Å²) in [5, 5.41) is 2.65. The average Bonchev–Trinajstić information content (AvgIpc) is 2.89. The molecule has 3 aliphatic rings. The summed E-state index contributed by atoms with van der Waals surface area (Å²) < 4.78 is 14.8. The Morgan fingerprint density at radius 3 is 2.48 bits per heavy atom. The van der Waals surface area contributed by atoms with Crippen LogP contribution in [-0.4, -0.2) is 45.8 Å².